The minimum Gasteiger partial charge on any atom is -0.496 e. The molecule has 104 valence electrons. The maximum Gasteiger partial charge on any atom is 0.339 e. The maximum absolute atomic E-state index is 11.0. The second-order valence-electron chi connectivity index (χ2n) is 4.09. The van der Waals surface area contributed by atoms with Crippen LogP contribution in [-0.4, -0.2) is 18.2 Å². The molecule has 0 aliphatic heterocycles. The van der Waals surface area contributed by atoms with Crippen molar-refractivity contribution in [3.05, 3.63) is 58.1 Å². The fourth-order valence-electron chi connectivity index (χ4n) is 1.73. The number of hydrogen-bond acceptors (Lipinski definition) is 3. The van der Waals surface area contributed by atoms with Crippen LogP contribution >= 0.6 is 15.9 Å². The molecule has 0 atom stereocenters. The van der Waals surface area contributed by atoms with Gasteiger partial charge in [0.05, 0.1) is 7.11 Å². The number of halogens is 1. The average Bonchev–Trinajstić information content (AvgIpc) is 2.44. The molecular formula is C15H13BrO4. The first kappa shape index (κ1) is 14.4. The van der Waals surface area contributed by atoms with Gasteiger partial charge in [0, 0.05) is 4.47 Å². The third-order valence-corrected chi connectivity index (χ3v) is 3.19. The zero-order valence-corrected chi connectivity index (χ0v) is 12.4. The molecule has 2 rings (SSSR count). The van der Waals surface area contributed by atoms with Crippen LogP contribution in [0.25, 0.3) is 0 Å². The van der Waals surface area contributed by atoms with Crippen LogP contribution in [0.2, 0.25) is 0 Å². The van der Waals surface area contributed by atoms with E-state index in [2.05, 4.69) is 15.9 Å². The first-order valence-corrected chi connectivity index (χ1v) is 6.68. The first-order chi connectivity index (χ1) is 9.60. The number of methoxy groups -OCH3 is 1. The minimum absolute atomic E-state index is 0.138. The number of carbonyl (C=O) groups is 1. The highest BCUT2D eigenvalue weighted by Crippen LogP contribution is 2.22. The summed E-state index contributed by atoms with van der Waals surface area (Å²) in [5.41, 5.74) is 0.977. The van der Waals surface area contributed by atoms with Gasteiger partial charge in [-0.05, 0) is 35.9 Å². The molecule has 0 saturated heterocycles. The largest absolute Gasteiger partial charge is 0.496 e. The lowest BCUT2D eigenvalue weighted by atomic mass is 10.1. The Bertz CT molecular complexity index is 625. The third kappa shape index (κ3) is 3.51. The summed E-state index contributed by atoms with van der Waals surface area (Å²) in [6, 6.07) is 12.4. The Kier molecular flexibility index (Phi) is 4.63. The van der Waals surface area contributed by atoms with Crippen molar-refractivity contribution >= 4 is 21.9 Å². The van der Waals surface area contributed by atoms with Gasteiger partial charge >= 0.3 is 5.97 Å². The number of rotatable bonds is 5. The number of benzene rings is 2. The van der Waals surface area contributed by atoms with Gasteiger partial charge in [-0.15, -0.1) is 0 Å². The van der Waals surface area contributed by atoms with Crippen LogP contribution in [0.4, 0.5) is 0 Å². The molecule has 0 heterocycles. The minimum atomic E-state index is -1.01. The summed E-state index contributed by atoms with van der Waals surface area (Å²) in [5.74, 6) is 0.0507. The average molecular weight is 337 g/mol. The van der Waals surface area contributed by atoms with E-state index in [1.54, 1.807) is 12.1 Å². The Morgan fingerprint density at radius 1 is 1.25 bits per heavy atom. The monoisotopic (exact) mass is 336 g/mol. The van der Waals surface area contributed by atoms with Crippen molar-refractivity contribution in [2.75, 3.05) is 7.11 Å². The Hall–Kier alpha value is -2.01. The first-order valence-electron chi connectivity index (χ1n) is 5.88. The van der Waals surface area contributed by atoms with Gasteiger partial charge in [0.1, 0.15) is 23.7 Å². The van der Waals surface area contributed by atoms with Crippen molar-refractivity contribution < 1.29 is 19.4 Å². The zero-order chi connectivity index (χ0) is 14.5. The van der Waals surface area contributed by atoms with Gasteiger partial charge in [0.2, 0.25) is 0 Å². The smallest absolute Gasteiger partial charge is 0.339 e. The Morgan fingerprint density at radius 3 is 2.70 bits per heavy atom. The van der Waals surface area contributed by atoms with Crippen molar-refractivity contribution in [1.82, 2.24) is 0 Å². The summed E-state index contributed by atoms with van der Waals surface area (Å²) in [6.45, 7) is 0.340. The number of carboxylic acid groups (broad SMARTS) is 1. The molecular weight excluding hydrogens is 324 g/mol. The highest BCUT2D eigenvalue weighted by molar-refractivity contribution is 9.10. The standard InChI is InChI=1S/C15H13BrO4/c1-19-14-7-10(5-6-13(14)15(17)18)9-20-12-4-2-3-11(16)8-12/h2-8H,9H2,1H3,(H,17,18). The van der Waals surface area contributed by atoms with Gasteiger partial charge in [-0.2, -0.15) is 0 Å². The van der Waals surface area contributed by atoms with Gasteiger partial charge in [0.15, 0.2) is 0 Å². The summed E-state index contributed by atoms with van der Waals surface area (Å²) >= 11 is 3.37. The molecule has 0 unspecified atom stereocenters. The van der Waals surface area contributed by atoms with E-state index in [4.69, 9.17) is 14.6 Å². The summed E-state index contributed by atoms with van der Waals surface area (Å²) in [6.07, 6.45) is 0. The third-order valence-electron chi connectivity index (χ3n) is 2.70. The van der Waals surface area contributed by atoms with E-state index < -0.39 is 5.97 Å². The van der Waals surface area contributed by atoms with Crippen molar-refractivity contribution in [2.45, 2.75) is 6.61 Å². The quantitative estimate of drug-likeness (QED) is 0.903. The van der Waals surface area contributed by atoms with Gasteiger partial charge < -0.3 is 14.6 Å². The van der Waals surface area contributed by atoms with E-state index in [1.807, 2.05) is 24.3 Å². The highest BCUT2D eigenvalue weighted by atomic mass is 79.9. The van der Waals surface area contributed by atoms with Crippen LogP contribution in [0.15, 0.2) is 46.9 Å². The van der Waals surface area contributed by atoms with Gasteiger partial charge in [0.25, 0.3) is 0 Å². The fourth-order valence-corrected chi connectivity index (χ4v) is 2.10. The molecule has 2 aromatic carbocycles. The van der Waals surface area contributed by atoms with Crippen LogP contribution in [0.5, 0.6) is 11.5 Å². The van der Waals surface area contributed by atoms with Gasteiger partial charge in [-0.25, -0.2) is 4.79 Å². The molecule has 0 saturated carbocycles. The molecule has 1 N–H and O–H groups in total. The highest BCUT2D eigenvalue weighted by Gasteiger charge is 2.11. The molecule has 0 aliphatic rings. The van der Waals surface area contributed by atoms with Crippen LogP contribution in [0.1, 0.15) is 15.9 Å². The maximum atomic E-state index is 11.0. The lowest BCUT2D eigenvalue weighted by Crippen LogP contribution is -2.02. The summed E-state index contributed by atoms with van der Waals surface area (Å²) in [5, 5.41) is 9.01. The topological polar surface area (TPSA) is 55.8 Å². The van der Waals surface area contributed by atoms with Gasteiger partial charge in [-0.1, -0.05) is 28.1 Å². The Labute approximate surface area is 125 Å². The predicted molar refractivity (Wildman–Crippen MR) is 78.4 cm³/mol. The molecule has 5 heteroatoms. The number of ether oxygens (including phenoxy) is 2. The van der Waals surface area contributed by atoms with Crippen molar-refractivity contribution in [1.29, 1.82) is 0 Å². The van der Waals surface area contributed by atoms with Crippen LogP contribution in [0.3, 0.4) is 0 Å². The SMILES string of the molecule is COc1cc(COc2cccc(Br)c2)ccc1C(=O)O. The molecule has 0 spiro atoms. The second-order valence-corrected chi connectivity index (χ2v) is 5.00. The molecule has 2 aromatic rings. The molecule has 20 heavy (non-hydrogen) atoms. The number of hydrogen-bond donors (Lipinski definition) is 1. The Balaban J connectivity index is 2.12. The van der Waals surface area contributed by atoms with Crippen LogP contribution in [0, 0.1) is 0 Å². The fraction of sp³-hybridized carbons (Fsp3) is 0.133. The predicted octanol–water partition coefficient (Wildman–Crippen LogP) is 3.73. The van der Waals surface area contributed by atoms with E-state index >= 15 is 0 Å². The lowest BCUT2D eigenvalue weighted by Gasteiger charge is -2.09. The Morgan fingerprint density at radius 2 is 2.05 bits per heavy atom. The zero-order valence-electron chi connectivity index (χ0n) is 10.8. The van der Waals surface area contributed by atoms with E-state index in [0.29, 0.717) is 12.4 Å². The molecule has 0 bridgehead atoms. The molecule has 4 nitrogen and oxygen atoms in total. The number of aromatic carboxylic acids is 1. The van der Waals surface area contributed by atoms with Gasteiger partial charge in [-0.3, -0.25) is 0 Å². The molecule has 0 fully saturated rings. The summed E-state index contributed by atoms with van der Waals surface area (Å²) < 4.78 is 11.7. The van der Waals surface area contributed by atoms with Crippen LogP contribution in [-0.2, 0) is 6.61 Å². The normalized spacial score (nSPS) is 10.1. The molecule has 0 aromatic heterocycles. The van der Waals surface area contributed by atoms with Crippen molar-refractivity contribution in [2.24, 2.45) is 0 Å². The van der Waals surface area contributed by atoms with E-state index in [-0.39, 0.29) is 5.56 Å². The van der Waals surface area contributed by atoms with Crippen molar-refractivity contribution in [3.8, 4) is 11.5 Å². The van der Waals surface area contributed by atoms with Crippen molar-refractivity contribution in [3.63, 3.8) is 0 Å². The number of carboxylic acids is 1. The lowest BCUT2D eigenvalue weighted by molar-refractivity contribution is 0.0693. The van der Waals surface area contributed by atoms with E-state index in [1.165, 1.54) is 13.2 Å². The van der Waals surface area contributed by atoms with Crippen LogP contribution < -0.4 is 9.47 Å². The molecule has 0 radical (unpaired) electrons. The van der Waals surface area contributed by atoms with E-state index in [0.717, 1.165) is 15.8 Å². The molecule has 0 aliphatic carbocycles. The summed E-state index contributed by atoms with van der Waals surface area (Å²) in [7, 11) is 1.45. The summed E-state index contributed by atoms with van der Waals surface area (Å²) in [4.78, 5) is 11.0. The second kappa shape index (κ2) is 6.43. The van der Waals surface area contributed by atoms with E-state index in [9.17, 15) is 4.79 Å². The molecule has 0 amide bonds.